The third-order valence-corrected chi connectivity index (χ3v) is 6.56. The van der Waals surface area contributed by atoms with E-state index in [2.05, 4.69) is 38.3 Å². The number of para-hydroxylation sites is 1. The standard InChI is InChI=1S/C15H24N2OS2/c1-10(2)18-13-7-5-4-6-12(13)14(17-16)15-11(3)19-8-9-20-15/h4-7,10-11,14-15,17H,8-9,16H2,1-3H3. The predicted molar refractivity (Wildman–Crippen MR) is 90.4 cm³/mol. The van der Waals surface area contributed by atoms with Crippen molar-refractivity contribution in [2.45, 2.75) is 43.4 Å². The van der Waals surface area contributed by atoms with Crippen LogP contribution in [-0.2, 0) is 0 Å². The smallest absolute Gasteiger partial charge is 0.124 e. The number of ether oxygens (including phenoxy) is 1. The number of thioether (sulfide) groups is 2. The van der Waals surface area contributed by atoms with E-state index in [1.54, 1.807) is 0 Å². The van der Waals surface area contributed by atoms with E-state index in [4.69, 9.17) is 10.6 Å². The maximum absolute atomic E-state index is 5.94. The molecule has 1 aromatic rings. The number of rotatable bonds is 5. The lowest BCUT2D eigenvalue weighted by Gasteiger charge is -2.35. The highest BCUT2D eigenvalue weighted by Crippen LogP contribution is 2.40. The van der Waals surface area contributed by atoms with Crippen molar-refractivity contribution < 1.29 is 4.74 Å². The summed E-state index contributed by atoms with van der Waals surface area (Å²) in [5.41, 5.74) is 4.18. The van der Waals surface area contributed by atoms with Gasteiger partial charge in [0.1, 0.15) is 5.75 Å². The Hall–Kier alpha value is -0.360. The molecule has 0 aromatic heterocycles. The van der Waals surface area contributed by atoms with Crippen molar-refractivity contribution in [2.75, 3.05) is 11.5 Å². The van der Waals surface area contributed by atoms with E-state index in [0.29, 0.717) is 10.5 Å². The van der Waals surface area contributed by atoms with Gasteiger partial charge in [0.15, 0.2) is 0 Å². The minimum absolute atomic E-state index is 0.123. The molecule has 3 unspecified atom stereocenters. The molecule has 1 heterocycles. The van der Waals surface area contributed by atoms with Crippen LogP contribution in [0.1, 0.15) is 32.4 Å². The quantitative estimate of drug-likeness (QED) is 0.646. The van der Waals surface area contributed by atoms with Gasteiger partial charge in [0, 0.05) is 27.6 Å². The van der Waals surface area contributed by atoms with E-state index >= 15 is 0 Å². The van der Waals surface area contributed by atoms with Crippen LogP contribution >= 0.6 is 23.5 Å². The zero-order chi connectivity index (χ0) is 14.5. The predicted octanol–water partition coefficient (Wildman–Crippen LogP) is 3.22. The molecule has 5 heteroatoms. The fraction of sp³-hybridized carbons (Fsp3) is 0.600. The number of benzene rings is 1. The molecule has 3 atom stereocenters. The number of nitrogens with one attached hydrogen (secondary N) is 1. The van der Waals surface area contributed by atoms with Gasteiger partial charge in [-0.15, -0.1) is 0 Å². The van der Waals surface area contributed by atoms with Crippen LogP contribution in [0.2, 0.25) is 0 Å². The highest BCUT2D eigenvalue weighted by atomic mass is 32.2. The Labute approximate surface area is 130 Å². The first kappa shape index (κ1) is 16.0. The lowest BCUT2D eigenvalue weighted by molar-refractivity contribution is 0.237. The summed E-state index contributed by atoms with van der Waals surface area (Å²) in [6.07, 6.45) is 0.167. The second-order valence-electron chi connectivity index (χ2n) is 5.26. The van der Waals surface area contributed by atoms with Crippen LogP contribution < -0.4 is 16.0 Å². The van der Waals surface area contributed by atoms with Gasteiger partial charge < -0.3 is 4.74 Å². The van der Waals surface area contributed by atoms with Crippen molar-refractivity contribution in [1.82, 2.24) is 5.43 Å². The van der Waals surface area contributed by atoms with Gasteiger partial charge in [0.05, 0.1) is 12.1 Å². The number of hydrazine groups is 1. The van der Waals surface area contributed by atoms with Crippen LogP contribution in [0, 0.1) is 0 Å². The molecule has 0 bridgehead atoms. The van der Waals surface area contributed by atoms with Gasteiger partial charge in [-0.3, -0.25) is 11.3 Å². The van der Waals surface area contributed by atoms with Crippen molar-refractivity contribution in [3.8, 4) is 5.75 Å². The van der Waals surface area contributed by atoms with E-state index in [9.17, 15) is 0 Å². The van der Waals surface area contributed by atoms with Crippen LogP contribution in [0.25, 0.3) is 0 Å². The van der Waals surface area contributed by atoms with Crippen molar-refractivity contribution in [3.05, 3.63) is 29.8 Å². The first-order valence-electron chi connectivity index (χ1n) is 7.08. The molecular weight excluding hydrogens is 288 g/mol. The molecule has 0 amide bonds. The van der Waals surface area contributed by atoms with E-state index in [1.807, 2.05) is 35.7 Å². The molecule has 0 aliphatic carbocycles. The van der Waals surface area contributed by atoms with Gasteiger partial charge in [-0.05, 0) is 19.9 Å². The Kier molecular flexibility index (Phi) is 6.08. The summed E-state index contributed by atoms with van der Waals surface area (Å²) >= 11 is 4.03. The van der Waals surface area contributed by atoms with Crippen LogP contribution in [0.4, 0.5) is 0 Å². The van der Waals surface area contributed by atoms with E-state index in [0.717, 1.165) is 11.3 Å². The van der Waals surface area contributed by atoms with Crippen molar-refractivity contribution in [2.24, 2.45) is 5.84 Å². The third kappa shape index (κ3) is 3.85. The number of nitrogens with two attached hydrogens (primary N) is 1. The summed E-state index contributed by atoms with van der Waals surface area (Å²) < 4.78 is 5.94. The highest BCUT2D eigenvalue weighted by Gasteiger charge is 2.32. The van der Waals surface area contributed by atoms with Crippen LogP contribution in [0.15, 0.2) is 24.3 Å². The Morgan fingerprint density at radius 2 is 1.95 bits per heavy atom. The second-order valence-corrected chi connectivity index (χ2v) is 8.03. The van der Waals surface area contributed by atoms with Crippen molar-refractivity contribution in [1.29, 1.82) is 0 Å². The molecule has 3 nitrogen and oxygen atoms in total. The minimum atomic E-state index is 0.123. The molecule has 2 rings (SSSR count). The van der Waals surface area contributed by atoms with Crippen LogP contribution in [-0.4, -0.2) is 28.1 Å². The average molecular weight is 313 g/mol. The van der Waals surface area contributed by atoms with Crippen LogP contribution in [0.3, 0.4) is 0 Å². The average Bonchev–Trinajstić information content (AvgIpc) is 2.43. The molecule has 112 valence electrons. The lowest BCUT2D eigenvalue weighted by Crippen LogP contribution is -2.41. The van der Waals surface area contributed by atoms with Gasteiger partial charge >= 0.3 is 0 Å². The van der Waals surface area contributed by atoms with E-state index < -0.39 is 0 Å². The largest absolute Gasteiger partial charge is 0.491 e. The fourth-order valence-corrected chi connectivity index (χ4v) is 5.40. The summed E-state index contributed by atoms with van der Waals surface area (Å²) in [6.45, 7) is 6.39. The molecule has 3 N–H and O–H groups in total. The summed E-state index contributed by atoms with van der Waals surface area (Å²) in [4.78, 5) is 0. The summed E-state index contributed by atoms with van der Waals surface area (Å²) in [7, 11) is 0. The molecule has 0 radical (unpaired) electrons. The molecule has 1 aliphatic rings. The Balaban J connectivity index is 2.26. The Morgan fingerprint density at radius 3 is 2.60 bits per heavy atom. The number of hydrogen-bond acceptors (Lipinski definition) is 5. The fourth-order valence-electron chi connectivity index (χ4n) is 2.48. The molecule has 20 heavy (non-hydrogen) atoms. The molecule has 1 saturated heterocycles. The molecule has 1 aromatic carbocycles. The van der Waals surface area contributed by atoms with Crippen molar-refractivity contribution >= 4 is 23.5 Å². The summed E-state index contributed by atoms with van der Waals surface area (Å²) in [6, 6.07) is 8.34. The maximum Gasteiger partial charge on any atom is 0.124 e. The topological polar surface area (TPSA) is 47.3 Å². The molecule has 1 fully saturated rings. The maximum atomic E-state index is 5.94. The number of hydrogen-bond donors (Lipinski definition) is 2. The molecular formula is C15H24N2OS2. The molecule has 0 spiro atoms. The SMILES string of the molecule is CC(C)Oc1ccccc1C(NN)C1SCCSC1C. The minimum Gasteiger partial charge on any atom is -0.491 e. The van der Waals surface area contributed by atoms with E-state index in [-0.39, 0.29) is 12.1 Å². The van der Waals surface area contributed by atoms with Gasteiger partial charge in [-0.2, -0.15) is 23.5 Å². The van der Waals surface area contributed by atoms with Crippen molar-refractivity contribution in [3.63, 3.8) is 0 Å². The Bertz CT molecular complexity index is 428. The summed E-state index contributed by atoms with van der Waals surface area (Å²) in [5.74, 6) is 9.22. The van der Waals surface area contributed by atoms with Gasteiger partial charge in [-0.1, -0.05) is 25.1 Å². The van der Waals surface area contributed by atoms with E-state index in [1.165, 1.54) is 11.5 Å². The normalized spacial score (nSPS) is 24.6. The zero-order valence-electron chi connectivity index (χ0n) is 12.3. The van der Waals surface area contributed by atoms with Crippen LogP contribution in [0.5, 0.6) is 5.75 Å². The zero-order valence-corrected chi connectivity index (χ0v) is 14.0. The highest BCUT2D eigenvalue weighted by molar-refractivity contribution is 8.07. The molecule has 0 saturated carbocycles. The lowest BCUT2D eigenvalue weighted by atomic mass is 10.0. The second kappa shape index (κ2) is 7.59. The monoisotopic (exact) mass is 312 g/mol. The van der Waals surface area contributed by atoms with Gasteiger partial charge in [0.2, 0.25) is 0 Å². The first-order valence-corrected chi connectivity index (χ1v) is 9.18. The van der Waals surface area contributed by atoms with Gasteiger partial charge in [-0.25, -0.2) is 0 Å². The first-order chi connectivity index (χ1) is 9.63. The van der Waals surface area contributed by atoms with Gasteiger partial charge in [0.25, 0.3) is 0 Å². The summed E-state index contributed by atoms with van der Waals surface area (Å²) in [5, 5.41) is 1.05. The molecule has 1 aliphatic heterocycles. The third-order valence-electron chi connectivity index (χ3n) is 3.36. The Morgan fingerprint density at radius 1 is 1.25 bits per heavy atom.